The number of aromatic nitrogens is 5. The molecule has 0 fully saturated rings. The highest BCUT2D eigenvalue weighted by Crippen LogP contribution is 2.34. The van der Waals surface area contributed by atoms with Crippen molar-refractivity contribution < 1.29 is 4.74 Å². The number of hydrogen-bond donors (Lipinski definition) is 1. The van der Waals surface area contributed by atoms with Crippen molar-refractivity contribution in [3.63, 3.8) is 0 Å². The van der Waals surface area contributed by atoms with Crippen LogP contribution in [0.3, 0.4) is 0 Å². The van der Waals surface area contributed by atoms with Crippen molar-refractivity contribution in [2.45, 2.75) is 24.9 Å². The molecule has 0 aliphatic carbocycles. The molecule has 1 aliphatic heterocycles. The molecule has 0 radical (unpaired) electrons. The maximum absolute atomic E-state index is 5.86. The molecule has 0 spiro atoms. The summed E-state index contributed by atoms with van der Waals surface area (Å²) in [6.07, 6.45) is 2.66. The highest BCUT2D eigenvalue weighted by Gasteiger charge is 2.22. The molecule has 4 rings (SSSR count). The van der Waals surface area contributed by atoms with E-state index in [0.29, 0.717) is 6.54 Å². The first kappa shape index (κ1) is 14.3. The Labute approximate surface area is 137 Å². The van der Waals surface area contributed by atoms with E-state index in [1.807, 2.05) is 17.7 Å². The lowest BCUT2D eigenvalue weighted by molar-refractivity contribution is 0.409. The Balaban J connectivity index is 1.85. The second-order valence-electron chi connectivity index (χ2n) is 5.37. The van der Waals surface area contributed by atoms with Gasteiger partial charge < -0.3 is 10.5 Å². The van der Waals surface area contributed by atoms with E-state index in [1.165, 1.54) is 0 Å². The summed E-state index contributed by atoms with van der Waals surface area (Å²) < 4.78 is 7.23. The maximum atomic E-state index is 5.86. The Hall–Kier alpha value is -2.35. The molecular weight excluding hydrogens is 312 g/mol. The zero-order chi connectivity index (χ0) is 16.0. The first-order chi connectivity index (χ1) is 11.2. The molecule has 0 unspecified atom stereocenters. The fourth-order valence-electron chi connectivity index (χ4n) is 2.84. The number of nitrogens with two attached hydrogens (primary N) is 1. The minimum atomic E-state index is 0.282. The van der Waals surface area contributed by atoms with Crippen LogP contribution in [0.25, 0.3) is 11.0 Å². The zero-order valence-corrected chi connectivity index (χ0v) is 13.7. The zero-order valence-electron chi connectivity index (χ0n) is 12.9. The van der Waals surface area contributed by atoms with Gasteiger partial charge in [-0.2, -0.15) is 10.1 Å². The molecular formula is C15H16N6OS. The monoisotopic (exact) mass is 328 g/mol. The molecule has 0 amide bonds. The average Bonchev–Trinajstić information content (AvgIpc) is 2.88. The fourth-order valence-corrected chi connectivity index (χ4v) is 3.84. The molecule has 0 bridgehead atoms. The summed E-state index contributed by atoms with van der Waals surface area (Å²) in [5.41, 5.74) is 9.59. The smallest absolute Gasteiger partial charge is 0.223 e. The summed E-state index contributed by atoms with van der Waals surface area (Å²) in [6.45, 7) is 2.52. The number of methoxy groups -OCH3 is 1. The minimum Gasteiger partial charge on any atom is -0.496 e. The molecule has 2 N–H and O–H groups in total. The molecule has 4 heterocycles. The number of pyridine rings is 1. The highest BCUT2D eigenvalue weighted by molar-refractivity contribution is 7.99. The molecule has 0 saturated heterocycles. The van der Waals surface area contributed by atoms with Gasteiger partial charge in [0.15, 0.2) is 5.65 Å². The predicted octanol–water partition coefficient (Wildman–Crippen LogP) is 1.82. The van der Waals surface area contributed by atoms with Crippen molar-refractivity contribution >= 4 is 28.7 Å². The Kier molecular flexibility index (Phi) is 3.33. The third-order valence-corrected chi connectivity index (χ3v) is 4.98. The molecule has 3 aromatic rings. The summed E-state index contributed by atoms with van der Waals surface area (Å²) in [7, 11) is 1.66. The molecule has 3 aromatic heterocycles. The van der Waals surface area contributed by atoms with Crippen molar-refractivity contribution in [2.75, 3.05) is 18.6 Å². The number of ether oxygens (including phenoxy) is 1. The van der Waals surface area contributed by atoms with Gasteiger partial charge in [-0.05, 0) is 13.0 Å². The van der Waals surface area contributed by atoms with E-state index in [4.69, 9.17) is 15.6 Å². The highest BCUT2D eigenvalue weighted by atomic mass is 32.2. The molecule has 8 heteroatoms. The van der Waals surface area contributed by atoms with E-state index in [9.17, 15) is 0 Å². The van der Waals surface area contributed by atoms with Crippen LogP contribution in [0.4, 0.5) is 5.95 Å². The largest absolute Gasteiger partial charge is 0.496 e. The third-order valence-electron chi connectivity index (χ3n) is 4.00. The lowest BCUT2D eigenvalue weighted by Crippen LogP contribution is -2.08. The van der Waals surface area contributed by atoms with Crippen LogP contribution in [0.5, 0.6) is 5.75 Å². The van der Waals surface area contributed by atoms with Crippen molar-refractivity contribution in [1.82, 2.24) is 24.7 Å². The van der Waals surface area contributed by atoms with Gasteiger partial charge in [-0.3, -0.25) is 4.98 Å². The van der Waals surface area contributed by atoms with Crippen LogP contribution in [0, 0.1) is 6.92 Å². The molecule has 23 heavy (non-hydrogen) atoms. The predicted molar refractivity (Wildman–Crippen MR) is 88.8 cm³/mol. The first-order valence-corrected chi connectivity index (χ1v) is 8.30. The molecule has 0 aromatic carbocycles. The van der Waals surface area contributed by atoms with Crippen molar-refractivity contribution in [3.05, 3.63) is 29.2 Å². The number of aryl methyl sites for hydroxylation is 1. The van der Waals surface area contributed by atoms with Crippen LogP contribution in [-0.4, -0.2) is 37.6 Å². The average molecular weight is 328 g/mol. The van der Waals surface area contributed by atoms with Gasteiger partial charge in [0.25, 0.3) is 0 Å². The van der Waals surface area contributed by atoms with Crippen molar-refractivity contribution in [2.24, 2.45) is 0 Å². The second-order valence-corrected chi connectivity index (χ2v) is 6.46. The van der Waals surface area contributed by atoms with Crippen molar-refractivity contribution in [3.8, 4) is 5.75 Å². The lowest BCUT2D eigenvalue weighted by Gasteiger charge is -2.10. The summed E-state index contributed by atoms with van der Waals surface area (Å²) >= 11 is 1.70. The standard InChI is InChI=1S/C15H16N6OS/c1-8-10(17-5-3-11(8)22-2)7-21-13-12-9(20-21)4-6-23-14(12)19-15(16)18-13/h3,5H,4,6-7H2,1-2H3,(H2,16,18,19). The lowest BCUT2D eigenvalue weighted by atomic mass is 10.2. The Morgan fingerprint density at radius 3 is 3.09 bits per heavy atom. The Morgan fingerprint density at radius 2 is 2.26 bits per heavy atom. The number of thioether (sulfide) groups is 1. The summed E-state index contributed by atoms with van der Waals surface area (Å²) in [4.78, 5) is 13.2. The molecule has 1 aliphatic rings. The van der Waals surface area contributed by atoms with Gasteiger partial charge in [-0.25, -0.2) is 9.67 Å². The minimum absolute atomic E-state index is 0.282. The Bertz CT molecular complexity index is 907. The Morgan fingerprint density at radius 1 is 1.39 bits per heavy atom. The van der Waals surface area contributed by atoms with Crippen LogP contribution in [0.2, 0.25) is 0 Å². The third kappa shape index (κ3) is 2.29. The number of rotatable bonds is 3. The van der Waals surface area contributed by atoms with Crippen LogP contribution in [0.1, 0.15) is 17.0 Å². The first-order valence-electron chi connectivity index (χ1n) is 7.31. The van der Waals surface area contributed by atoms with Crippen LogP contribution in [0.15, 0.2) is 17.3 Å². The van der Waals surface area contributed by atoms with Gasteiger partial charge in [0.1, 0.15) is 10.8 Å². The van der Waals surface area contributed by atoms with Gasteiger partial charge in [-0.1, -0.05) is 0 Å². The summed E-state index contributed by atoms with van der Waals surface area (Å²) in [5, 5.41) is 6.67. The molecule has 0 atom stereocenters. The van der Waals surface area contributed by atoms with E-state index in [2.05, 4.69) is 15.0 Å². The topological polar surface area (TPSA) is 91.7 Å². The van der Waals surface area contributed by atoms with E-state index < -0.39 is 0 Å². The van der Waals surface area contributed by atoms with E-state index >= 15 is 0 Å². The second kappa shape index (κ2) is 5.38. The van der Waals surface area contributed by atoms with Crippen molar-refractivity contribution in [1.29, 1.82) is 0 Å². The van der Waals surface area contributed by atoms with Gasteiger partial charge in [0, 0.05) is 23.9 Å². The fraction of sp³-hybridized carbons (Fsp3) is 0.333. The van der Waals surface area contributed by atoms with E-state index in [0.717, 1.165) is 50.9 Å². The number of hydrogen-bond acceptors (Lipinski definition) is 7. The molecule has 118 valence electrons. The normalized spacial score (nSPS) is 13.5. The van der Waals surface area contributed by atoms with Gasteiger partial charge in [0.05, 0.1) is 30.4 Å². The maximum Gasteiger partial charge on any atom is 0.223 e. The number of nitrogens with zero attached hydrogens (tertiary/aromatic N) is 5. The van der Waals surface area contributed by atoms with Gasteiger partial charge in [0.2, 0.25) is 5.95 Å². The van der Waals surface area contributed by atoms with Gasteiger partial charge in [-0.15, -0.1) is 11.8 Å². The van der Waals surface area contributed by atoms with Crippen LogP contribution in [-0.2, 0) is 13.0 Å². The molecule has 7 nitrogen and oxygen atoms in total. The number of nitrogen functional groups attached to an aromatic ring is 1. The molecule has 0 saturated carbocycles. The van der Waals surface area contributed by atoms with E-state index in [1.54, 1.807) is 25.1 Å². The summed E-state index contributed by atoms with van der Waals surface area (Å²) in [6, 6.07) is 1.86. The SMILES string of the molecule is COc1ccnc(Cn2nc3c4c(nc(N)nc42)SCC3)c1C. The van der Waals surface area contributed by atoms with Crippen LogP contribution < -0.4 is 10.5 Å². The quantitative estimate of drug-likeness (QED) is 0.733. The summed E-state index contributed by atoms with van der Waals surface area (Å²) in [5.74, 6) is 2.07. The van der Waals surface area contributed by atoms with Crippen LogP contribution >= 0.6 is 11.8 Å². The van der Waals surface area contributed by atoms with E-state index in [-0.39, 0.29) is 5.95 Å². The number of anilines is 1. The van der Waals surface area contributed by atoms with Gasteiger partial charge >= 0.3 is 0 Å².